The van der Waals surface area contributed by atoms with E-state index in [1.807, 2.05) is 0 Å². The number of hydrogen-bond donors (Lipinski definition) is 2. The van der Waals surface area contributed by atoms with Crippen LogP contribution in [0.25, 0.3) is 11.1 Å². The normalized spacial score (nSPS) is 11.9. The standard InChI is InChI=1S/C23H19F3O6S/c1-33(30,31)13-14-2-4-15(5-3-14)16-6-9-18(10-7-16)32-12-17-8-11-19(23(24,25)26)21(27)20(17)22(28)29/h2-11,27H,12-13H2,1H3,(H,28,29). The predicted octanol–water partition coefficient (Wildman–Crippen LogP) is 4.90. The van der Waals surface area contributed by atoms with E-state index in [2.05, 4.69) is 0 Å². The van der Waals surface area contributed by atoms with Crippen LogP contribution in [-0.4, -0.2) is 30.9 Å². The van der Waals surface area contributed by atoms with Crippen molar-refractivity contribution in [2.24, 2.45) is 0 Å². The lowest BCUT2D eigenvalue weighted by molar-refractivity contribution is -0.138. The third-order valence-electron chi connectivity index (χ3n) is 4.75. The van der Waals surface area contributed by atoms with Gasteiger partial charge in [0.1, 0.15) is 23.7 Å². The monoisotopic (exact) mass is 480 g/mol. The van der Waals surface area contributed by atoms with E-state index < -0.39 is 38.9 Å². The van der Waals surface area contributed by atoms with Crippen LogP contribution in [0.3, 0.4) is 0 Å². The van der Waals surface area contributed by atoms with Gasteiger partial charge >= 0.3 is 12.1 Å². The van der Waals surface area contributed by atoms with E-state index in [1.165, 1.54) is 0 Å². The molecule has 0 unspecified atom stereocenters. The molecule has 3 aromatic carbocycles. The topological polar surface area (TPSA) is 101 Å². The van der Waals surface area contributed by atoms with Crippen molar-refractivity contribution in [1.29, 1.82) is 0 Å². The van der Waals surface area contributed by atoms with E-state index in [9.17, 15) is 36.6 Å². The van der Waals surface area contributed by atoms with Crippen molar-refractivity contribution >= 4 is 15.8 Å². The van der Waals surface area contributed by atoms with Gasteiger partial charge < -0.3 is 14.9 Å². The molecule has 3 rings (SSSR count). The molecule has 0 heterocycles. The summed E-state index contributed by atoms with van der Waals surface area (Å²) < 4.78 is 67.1. The lowest BCUT2D eigenvalue weighted by Crippen LogP contribution is -2.12. The SMILES string of the molecule is CS(=O)(=O)Cc1ccc(-c2ccc(OCc3ccc(C(F)(F)F)c(O)c3C(=O)O)cc2)cc1. The molecule has 2 N–H and O–H groups in total. The van der Waals surface area contributed by atoms with Crippen LogP contribution in [0.1, 0.15) is 27.0 Å². The van der Waals surface area contributed by atoms with Gasteiger partial charge in [-0.1, -0.05) is 42.5 Å². The Morgan fingerprint density at radius 2 is 1.48 bits per heavy atom. The molecule has 3 aromatic rings. The number of ether oxygens (including phenoxy) is 1. The van der Waals surface area contributed by atoms with Gasteiger partial charge in [0.05, 0.1) is 11.3 Å². The summed E-state index contributed by atoms with van der Waals surface area (Å²) in [5.74, 6) is -2.78. The molecule has 0 saturated carbocycles. The molecular weight excluding hydrogens is 461 g/mol. The number of hydrogen-bond acceptors (Lipinski definition) is 5. The second-order valence-electron chi connectivity index (χ2n) is 7.38. The molecule has 6 nitrogen and oxygen atoms in total. The zero-order valence-electron chi connectivity index (χ0n) is 17.3. The van der Waals surface area contributed by atoms with Crippen LogP contribution < -0.4 is 4.74 Å². The van der Waals surface area contributed by atoms with Crippen LogP contribution in [-0.2, 0) is 28.4 Å². The minimum atomic E-state index is -4.90. The molecule has 0 aliphatic heterocycles. The minimum Gasteiger partial charge on any atom is -0.506 e. The van der Waals surface area contributed by atoms with Gasteiger partial charge in [-0.2, -0.15) is 13.2 Å². The fourth-order valence-corrected chi connectivity index (χ4v) is 4.02. The van der Waals surface area contributed by atoms with Gasteiger partial charge in [-0.15, -0.1) is 0 Å². The van der Waals surface area contributed by atoms with Crippen LogP contribution >= 0.6 is 0 Å². The highest BCUT2D eigenvalue weighted by atomic mass is 32.2. The van der Waals surface area contributed by atoms with Crippen molar-refractivity contribution in [3.8, 4) is 22.6 Å². The van der Waals surface area contributed by atoms with Crippen LogP contribution in [0.4, 0.5) is 13.2 Å². The molecule has 0 radical (unpaired) electrons. The number of carbonyl (C=O) groups is 1. The Hall–Kier alpha value is -3.53. The number of alkyl halides is 3. The summed E-state index contributed by atoms with van der Waals surface area (Å²) in [5, 5.41) is 19.1. The first-order valence-electron chi connectivity index (χ1n) is 9.50. The number of halogens is 3. The van der Waals surface area contributed by atoms with Gasteiger partial charge in [-0.05, 0) is 34.9 Å². The molecule has 0 amide bonds. The maximum atomic E-state index is 12.9. The van der Waals surface area contributed by atoms with Gasteiger partial charge in [0.25, 0.3) is 0 Å². The quantitative estimate of drug-likeness (QED) is 0.499. The first kappa shape index (κ1) is 24.1. The molecule has 0 fully saturated rings. The number of aromatic carboxylic acids is 1. The van der Waals surface area contributed by atoms with Crippen molar-refractivity contribution in [1.82, 2.24) is 0 Å². The number of sulfone groups is 1. The average Bonchev–Trinajstić information content (AvgIpc) is 2.71. The molecular formula is C23H19F3O6S. The number of aromatic hydroxyl groups is 1. The van der Waals surface area contributed by atoms with Crippen LogP contribution in [0.15, 0.2) is 60.7 Å². The molecule has 0 aliphatic carbocycles. The Kier molecular flexibility index (Phi) is 6.68. The van der Waals surface area contributed by atoms with E-state index in [1.54, 1.807) is 48.5 Å². The fraction of sp³-hybridized carbons (Fsp3) is 0.174. The highest BCUT2D eigenvalue weighted by Gasteiger charge is 2.36. The second kappa shape index (κ2) is 9.14. The lowest BCUT2D eigenvalue weighted by atomic mass is 10.0. The second-order valence-corrected chi connectivity index (χ2v) is 9.52. The highest BCUT2D eigenvalue weighted by molar-refractivity contribution is 7.89. The smallest absolute Gasteiger partial charge is 0.419 e. The maximum Gasteiger partial charge on any atom is 0.419 e. The van der Waals surface area contributed by atoms with E-state index >= 15 is 0 Å². The van der Waals surface area contributed by atoms with Crippen molar-refractivity contribution in [2.45, 2.75) is 18.5 Å². The third kappa shape index (κ3) is 6.04. The van der Waals surface area contributed by atoms with Crippen molar-refractivity contribution in [2.75, 3.05) is 6.26 Å². The Morgan fingerprint density at radius 1 is 0.939 bits per heavy atom. The van der Waals surface area contributed by atoms with E-state index in [-0.39, 0.29) is 17.9 Å². The lowest BCUT2D eigenvalue weighted by Gasteiger charge is -2.15. The third-order valence-corrected chi connectivity index (χ3v) is 5.61. The Morgan fingerprint density at radius 3 is 1.97 bits per heavy atom. The average molecular weight is 480 g/mol. The van der Waals surface area contributed by atoms with Crippen LogP contribution in [0.5, 0.6) is 11.5 Å². The molecule has 0 aliphatic rings. The maximum absolute atomic E-state index is 12.9. The number of rotatable bonds is 7. The van der Waals surface area contributed by atoms with E-state index in [4.69, 9.17) is 4.74 Å². The molecule has 0 aromatic heterocycles. The molecule has 10 heteroatoms. The zero-order chi connectivity index (χ0) is 24.4. The molecule has 33 heavy (non-hydrogen) atoms. The minimum absolute atomic E-state index is 0.0576. The summed E-state index contributed by atoms with van der Waals surface area (Å²) >= 11 is 0. The Labute approximate surface area is 187 Å². The zero-order valence-corrected chi connectivity index (χ0v) is 18.1. The molecule has 0 saturated heterocycles. The Balaban J connectivity index is 1.75. The summed E-state index contributed by atoms with van der Waals surface area (Å²) in [6, 6.07) is 15.2. The van der Waals surface area contributed by atoms with Gasteiger partial charge in [0, 0.05) is 11.8 Å². The number of phenols is 1. The highest BCUT2D eigenvalue weighted by Crippen LogP contribution is 2.39. The summed E-state index contributed by atoms with van der Waals surface area (Å²) in [6.07, 6.45) is -3.74. The molecule has 174 valence electrons. The van der Waals surface area contributed by atoms with Crippen molar-refractivity contribution in [3.63, 3.8) is 0 Å². The van der Waals surface area contributed by atoms with Crippen molar-refractivity contribution < 1.29 is 41.3 Å². The molecule has 0 atom stereocenters. The van der Waals surface area contributed by atoms with E-state index in [0.717, 1.165) is 23.4 Å². The van der Waals surface area contributed by atoms with Gasteiger partial charge in [-0.3, -0.25) is 0 Å². The van der Waals surface area contributed by atoms with Crippen molar-refractivity contribution in [3.05, 3.63) is 82.9 Å². The fourth-order valence-electron chi connectivity index (χ4n) is 3.22. The first-order chi connectivity index (χ1) is 15.3. The van der Waals surface area contributed by atoms with Gasteiger partial charge in [-0.25, -0.2) is 13.2 Å². The first-order valence-corrected chi connectivity index (χ1v) is 11.6. The van der Waals surface area contributed by atoms with Gasteiger partial charge in [0.15, 0.2) is 9.84 Å². The van der Waals surface area contributed by atoms with Gasteiger partial charge in [0.2, 0.25) is 0 Å². The van der Waals surface area contributed by atoms with Crippen LogP contribution in [0.2, 0.25) is 0 Å². The predicted molar refractivity (Wildman–Crippen MR) is 115 cm³/mol. The summed E-state index contributed by atoms with van der Waals surface area (Å²) in [5.41, 5.74) is -0.105. The van der Waals surface area contributed by atoms with Crippen LogP contribution in [0, 0.1) is 0 Å². The largest absolute Gasteiger partial charge is 0.506 e. The number of benzene rings is 3. The summed E-state index contributed by atoms with van der Waals surface area (Å²) in [7, 11) is -3.14. The number of carboxylic acid groups (broad SMARTS) is 1. The molecule has 0 bridgehead atoms. The summed E-state index contributed by atoms with van der Waals surface area (Å²) in [6.45, 7) is -0.368. The Bertz CT molecular complexity index is 1270. The number of carboxylic acids is 1. The van der Waals surface area contributed by atoms with E-state index in [0.29, 0.717) is 17.4 Å². The summed E-state index contributed by atoms with van der Waals surface area (Å²) in [4.78, 5) is 11.4. The molecule has 0 spiro atoms.